The topological polar surface area (TPSA) is 196 Å². The lowest BCUT2D eigenvalue weighted by molar-refractivity contribution is -0.153. The van der Waals surface area contributed by atoms with Crippen LogP contribution in [0.25, 0.3) is 5.76 Å². The highest BCUT2D eigenvalue weighted by molar-refractivity contribution is 6.24. The number of phenols is 1. The maximum absolute atomic E-state index is 13.7. The molecule has 0 bridgehead atoms. The summed E-state index contributed by atoms with van der Waals surface area (Å²) in [5.41, 5.74) is 3.15. The monoisotopic (exact) mass is 475 g/mol. The number of aliphatic hydroxyl groups excluding tert-OH is 2. The van der Waals surface area contributed by atoms with Crippen LogP contribution < -0.4 is 10.6 Å². The van der Waals surface area contributed by atoms with Crippen molar-refractivity contribution in [2.24, 2.45) is 17.6 Å². The molecule has 0 aromatic heterocycles. The van der Waals surface area contributed by atoms with Gasteiger partial charge in [-0.2, -0.15) is 0 Å². The second-order valence-corrected chi connectivity index (χ2v) is 9.31. The number of carbonyl (C=O) groups excluding carboxylic acids is 3. The molecular formula is C23H29N3O8. The van der Waals surface area contributed by atoms with E-state index in [1.165, 1.54) is 11.0 Å². The van der Waals surface area contributed by atoms with E-state index in [0.717, 1.165) is 5.69 Å². The van der Waals surface area contributed by atoms with Gasteiger partial charge >= 0.3 is 0 Å². The van der Waals surface area contributed by atoms with Crippen LogP contribution in [0.2, 0.25) is 0 Å². The average Bonchev–Trinajstić information content (AvgIpc) is 2.70. The molecule has 11 nitrogen and oxygen atoms in total. The summed E-state index contributed by atoms with van der Waals surface area (Å²) in [6, 6.07) is 2.01. The molecule has 11 heteroatoms. The number of nitrogens with zero attached hydrogens (tertiary/aromatic N) is 2. The predicted molar refractivity (Wildman–Crippen MR) is 122 cm³/mol. The number of amides is 1. The van der Waals surface area contributed by atoms with Gasteiger partial charge in [-0.1, -0.05) is 0 Å². The van der Waals surface area contributed by atoms with Gasteiger partial charge in [-0.3, -0.25) is 19.3 Å². The van der Waals surface area contributed by atoms with Crippen molar-refractivity contribution in [3.05, 3.63) is 40.2 Å². The average molecular weight is 475 g/mol. The standard InChI is InChI=1S/C23H27N3O7.H2O/c1-25(2)12-5-6-13(27)15-10(12)7-9-8-11-17(26(3)4)19(29)16(22(24)32)21(31)23(11,33)20(30)14(9)18(15)28;/h5-6,9,11,17,27-28,31,33H,7-8H2,1-4H3,(H2,24,32);1H2/t9-,11-,17-,23-;/m0./s1. The van der Waals surface area contributed by atoms with Gasteiger partial charge in [0.2, 0.25) is 5.78 Å². The summed E-state index contributed by atoms with van der Waals surface area (Å²) >= 11 is 0. The number of hydrogen-bond donors (Lipinski definition) is 5. The van der Waals surface area contributed by atoms with Crippen LogP contribution in [0.1, 0.15) is 17.5 Å². The number of rotatable bonds is 3. The van der Waals surface area contributed by atoms with E-state index in [1.54, 1.807) is 20.2 Å². The van der Waals surface area contributed by atoms with E-state index in [1.807, 2.05) is 19.0 Å². The van der Waals surface area contributed by atoms with Gasteiger partial charge < -0.3 is 36.5 Å². The molecule has 4 rings (SSSR count). The van der Waals surface area contributed by atoms with E-state index in [2.05, 4.69) is 0 Å². The molecule has 0 aliphatic heterocycles. The zero-order valence-corrected chi connectivity index (χ0v) is 19.3. The summed E-state index contributed by atoms with van der Waals surface area (Å²) in [5.74, 6) is -6.54. The lowest BCUT2D eigenvalue weighted by Crippen LogP contribution is -2.65. The maximum atomic E-state index is 13.7. The van der Waals surface area contributed by atoms with Gasteiger partial charge in [-0.25, -0.2) is 0 Å². The SMILES string of the molecule is CN(C)c1ccc(O)c2c1C[C@H]1C[C@H]3[C@H](N(C)C)C(=O)C(C(N)=O)=C(O)[C@@]3(O)C(=O)C1=C2O.O. The quantitative estimate of drug-likeness (QED) is 0.348. The number of likely N-dealkylation sites (N-methyl/N-ethyl adjacent to an activating group) is 1. The summed E-state index contributed by atoms with van der Waals surface area (Å²) in [6.45, 7) is 0. The third-order valence-electron chi connectivity index (χ3n) is 7.06. The van der Waals surface area contributed by atoms with Crippen LogP contribution in [0.3, 0.4) is 0 Å². The zero-order valence-electron chi connectivity index (χ0n) is 19.3. The van der Waals surface area contributed by atoms with Crippen LogP contribution in [0.5, 0.6) is 5.75 Å². The number of hydrogen-bond acceptors (Lipinski definition) is 9. The summed E-state index contributed by atoms with van der Waals surface area (Å²) in [4.78, 5) is 42.0. The van der Waals surface area contributed by atoms with Crippen LogP contribution in [-0.2, 0) is 20.8 Å². The first kappa shape index (κ1) is 25.2. The van der Waals surface area contributed by atoms with Crippen molar-refractivity contribution >= 4 is 28.9 Å². The van der Waals surface area contributed by atoms with E-state index in [9.17, 15) is 34.8 Å². The van der Waals surface area contributed by atoms with Gasteiger partial charge in [0.1, 0.15) is 22.8 Å². The number of anilines is 1. The molecule has 1 fully saturated rings. The molecule has 3 aliphatic carbocycles. The molecule has 1 aromatic rings. The molecule has 0 radical (unpaired) electrons. The molecule has 1 amide bonds. The minimum atomic E-state index is -2.63. The molecule has 1 aromatic carbocycles. The van der Waals surface area contributed by atoms with Crippen molar-refractivity contribution in [2.75, 3.05) is 33.1 Å². The third kappa shape index (κ3) is 3.11. The number of aromatic hydroxyl groups is 1. The number of carbonyl (C=O) groups is 3. The number of phenolic OH excluding ortho intramolecular Hbond substituents is 1. The summed E-state index contributed by atoms with van der Waals surface area (Å²) in [7, 11) is 6.75. The molecular weight excluding hydrogens is 446 g/mol. The molecule has 34 heavy (non-hydrogen) atoms. The van der Waals surface area contributed by atoms with E-state index in [0.29, 0.717) is 5.56 Å². The Morgan fingerprint density at radius 2 is 1.74 bits per heavy atom. The highest BCUT2D eigenvalue weighted by atomic mass is 16.3. The fourth-order valence-electron chi connectivity index (χ4n) is 5.65. The Balaban J connectivity index is 0.00000324. The van der Waals surface area contributed by atoms with Crippen LogP contribution in [0, 0.1) is 11.8 Å². The van der Waals surface area contributed by atoms with Crippen molar-refractivity contribution in [3.63, 3.8) is 0 Å². The predicted octanol–water partition coefficient (Wildman–Crippen LogP) is -0.795. The molecule has 3 aliphatic rings. The molecule has 4 atom stereocenters. The molecule has 0 heterocycles. The normalized spacial score (nSPS) is 28.2. The second-order valence-electron chi connectivity index (χ2n) is 9.31. The van der Waals surface area contributed by atoms with Crippen LogP contribution in [0.4, 0.5) is 5.69 Å². The van der Waals surface area contributed by atoms with Crippen molar-refractivity contribution in [1.29, 1.82) is 0 Å². The highest BCUT2D eigenvalue weighted by Crippen LogP contribution is 2.53. The number of nitrogens with two attached hydrogens (primary N) is 1. The summed E-state index contributed by atoms with van der Waals surface area (Å²) in [5, 5.41) is 43.9. The highest BCUT2D eigenvalue weighted by Gasteiger charge is 2.64. The summed E-state index contributed by atoms with van der Waals surface area (Å²) in [6.07, 6.45) is 0.324. The minimum Gasteiger partial charge on any atom is -0.508 e. The lowest BCUT2D eigenvalue weighted by atomic mass is 9.57. The van der Waals surface area contributed by atoms with E-state index < -0.39 is 58.0 Å². The fraction of sp³-hybridized carbons (Fsp3) is 0.435. The molecule has 0 unspecified atom stereocenters. The number of aliphatic hydroxyl groups is 3. The summed E-state index contributed by atoms with van der Waals surface area (Å²) < 4.78 is 0. The van der Waals surface area contributed by atoms with E-state index >= 15 is 0 Å². The number of fused-ring (bicyclic) bond motifs is 3. The smallest absolute Gasteiger partial charge is 0.255 e. The molecule has 1 saturated carbocycles. The van der Waals surface area contributed by atoms with Gasteiger partial charge in [0.15, 0.2) is 11.4 Å². The molecule has 8 N–H and O–H groups in total. The number of primary amides is 1. The number of Topliss-reactive ketones (excluding diaryl/α,β-unsaturated/α-hetero) is 2. The Labute approximate surface area is 195 Å². The lowest BCUT2D eigenvalue weighted by Gasteiger charge is -2.50. The molecule has 184 valence electrons. The Hall–Kier alpha value is -3.41. The van der Waals surface area contributed by atoms with Gasteiger partial charge in [0.05, 0.1) is 11.6 Å². The van der Waals surface area contributed by atoms with E-state index in [4.69, 9.17) is 5.73 Å². The van der Waals surface area contributed by atoms with Crippen LogP contribution in [-0.4, -0.2) is 88.1 Å². The Morgan fingerprint density at radius 3 is 2.26 bits per heavy atom. The Bertz CT molecular complexity index is 1170. The minimum absolute atomic E-state index is 0. The van der Waals surface area contributed by atoms with Crippen molar-refractivity contribution in [2.45, 2.75) is 24.5 Å². The largest absolute Gasteiger partial charge is 0.508 e. The Kier molecular flexibility index (Phi) is 6.02. The second kappa shape index (κ2) is 8.12. The maximum Gasteiger partial charge on any atom is 0.255 e. The first-order valence-corrected chi connectivity index (χ1v) is 10.5. The van der Waals surface area contributed by atoms with Gasteiger partial charge in [0, 0.05) is 31.3 Å². The number of ketones is 2. The Morgan fingerprint density at radius 1 is 1.12 bits per heavy atom. The zero-order chi connectivity index (χ0) is 24.6. The third-order valence-corrected chi connectivity index (χ3v) is 7.06. The van der Waals surface area contributed by atoms with Gasteiger partial charge in [0.25, 0.3) is 5.91 Å². The molecule has 0 saturated heterocycles. The van der Waals surface area contributed by atoms with Crippen molar-refractivity contribution in [3.8, 4) is 5.75 Å². The van der Waals surface area contributed by atoms with Crippen LogP contribution in [0.15, 0.2) is 29.0 Å². The number of benzene rings is 1. The van der Waals surface area contributed by atoms with Gasteiger partial charge in [-0.15, -0.1) is 0 Å². The fourth-order valence-corrected chi connectivity index (χ4v) is 5.65. The van der Waals surface area contributed by atoms with E-state index in [-0.39, 0.29) is 35.2 Å². The van der Waals surface area contributed by atoms with Gasteiger partial charge in [-0.05, 0) is 50.6 Å². The molecule has 0 spiro atoms. The first-order valence-electron chi connectivity index (χ1n) is 10.5. The first-order chi connectivity index (χ1) is 15.3. The van der Waals surface area contributed by atoms with Crippen molar-refractivity contribution in [1.82, 2.24) is 4.90 Å². The van der Waals surface area contributed by atoms with Crippen molar-refractivity contribution < 1.29 is 40.3 Å². The van der Waals surface area contributed by atoms with Crippen LogP contribution >= 0.6 is 0 Å².